The molecule has 0 unspecified atom stereocenters. The van der Waals surface area contributed by atoms with Gasteiger partial charge < -0.3 is 9.84 Å². The first-order valence-electron chi connectivity index (χ1n) is 4.91. The van der Waals surface area contributed by atoms with E-state index in [-0.39, 0.29) is 5.75 Å². The second kappa shape index (κ2) is 3.73. The summed E-state index contributed by atoms with van der Waals surface area (Å²) in [6.45, 7) is 0. The van der Waals surface area contributed by atoms with Gasteiger partial charge in [0.2, 0.25) is 0 Å². The third-order valence-electron chi connectivity index (χ3n) is 2.56. The minimum atomic E-state index is -4.17. The number of aryl methyl sites for hydroxylation is 2. The third kappa shape index (κ3) is 1.98. The molecule has 0 fully saturated rings. The molecule has 1 aromatic carbocycles. The molecule has 0 saturated carbocycles. The van der Waals surface area contributed by atoms with Gasteiger partial charge in [-0.3, -0.25) is 0 Å². The number of halogens is 2. The summed E-state index contributed by atoms with van der Waals surface area (Å²) in [7, 11) is 0. The lowest BCUT2D eigenvalue weighted by atomic mass is 10.1. The summed E-state index contributed by atoms with van der Waals surface area (Å²) >= 11 is 0. The van der Waals surface area contributed by atoms with Crippen molar-refractivity contribution in [1.29, 1.82) is 0 Å². The van der Waals surface area contributed by atoms with E-state index in [0.29, 0.717) is 0 Å². The van der Waals surface area contributed by atoms with Gasteiger partial charge in [0, 0.05) is 0 Å². The molecule has 5 heteroatoms. The molecule has 0 heterocycles. The topological polar surface area (TPSA) is 46.5 Å². The smallest absolute Gasteiger partial charge is 0.474 e. The molecular weight excluding hydrogens is 218 g/mol. The predicted octanol–water partition coefficient (Wildman–Crippen LogP) is 2.23. The monoisotopic (exact) mass is 228 g/mol. The molecule has 0 spiro atoms. The first-order chi connectivity index (χ1) is 7.49. The van der Waals surface area contributed by atoms with Crippen molar-refractivity contribution >= 4 is 5.97 Å². The Labute approximate surface area is 90.7 Å². The van der Waals surface area contributed by atoms with Crippen LogP contribution in [0.4, 0.5) is 8.78 Å². The average Bonchev–Trinajstić information content (AvgIpc) is 2.63. The minimum Gasteiger partial charge on any atom is -0.474 e. The highest BCUT2D eigenvalue weighted by Gasteiger charge is 2.42. The first-order valence-corrected chi connectivity index (χ1v) is 4.91. The van der Waals surface area contributed by atoms with Crippen molar-refractivity contribution in [3.05, 3.63) is 29.3 Å². The van der Waals surface area contributed by atoms with E-state index in [1.54, 1.807) is 6.07 Å². The number of hydrogen-bond acceptors (Lipinski definition) is 2. The Morgan fingerprint density at radius 3 is 2.69 bits per heavy atom. The SMILES string of the molecule is O=C(O)C(F)(F)Oc1ccc2c(c1)CCC2. The first kappa shape index (κ1) is 10.9. The Bertz CT molecular complexity index is 429. The molecule has 3 nitrogen and oxygen atoms in total. The Kier molecular flexibility index (Phi) is 2.53. The van der Waals surface area contributed by atoms with Crippen LogP contribution in [0.25, 0.3) is 0 Å². The molecule has 0 atom stereocenters. The summed E-state index contributed by atoms with van der Waals surface area (Å²) in [6.07, 6.45) is -1.42. The van der Waals surface area contributed by atoms with E-state index >= 15 is 0 Å². The van der Waals surface area contributed by atoms with E-state index in [9.17, 15) is 13.6 Å². The Hall–Kier alpha value is -1.65. The highest BCUT2D eigenvalue weighted by Crippen LogP contribution is 2.28. The molecule has 1 aromatic rings. The molecule has 2 rings (SSSR count). The summed E-state index contributed by atoms with van der Waals surface area (Å²) in [5.41, 5.74) is 2.07. The molecular formula is C11H10F2O3. The van der Waals surface area contributed by atoms with Gasteiger partial charge in [0.1, 0.15) is 5.75 Å². The van der Waals surface area contributed by atoms with E-state index in [1.165, 1.54) is 12.1 Å². The Morgan fingerprint density at radius 2 is 2.00 bits per heavy atom. The van der Waals surface area contributed by atoms with Gasteiger partial charge in [0.15, 0.2) is 0 Å². The van der Waals surface area contributed by atoms with E-state index in [2.05, 4.69) is 4.74 Å². The van der Waals surface area contributed by atoms with Crippen LogP contribution < -0.4 is 4.74 Å². The average molecular weight is 228 g/mol. The van der Waals surface area contributed by atoms with Crippen molar-refractivity contribution in [3.63, 3.8) is 0 Å². The van der Waals surface area contributed by atoms with Crippen molar-refractivity contribution in [3.8, 4) is 5.75 Å². The zero-order valence-corrected chi connectivity index (χ0v) is 8.37. The largest absolute Gasteiger partial charge is 0.501 e. The lowest BCUT2D eigenvalue weighted by Crippen LogP contribution is -2.34. The molecule has 86 valence electrons. The number of carboxylic acid groups (broad SMARTS) is 1. The quantitative estimate of drug-likeness (QED) is 0.862. The number of hydrogen-bond donors (Lipinski definition) is 1. The van der Waals surface area contributed by atoms with Crippen LogP contribution in [0.5, 0.6) is 5.75 Å². The van der Waals surface area contributed by atoms with Crippen molar-refractivity contribution < 1.29 is 23.4 Å². The number of aliphatic carboxylic acids is 1. The summed E-state index contributed by atoms with van der Waals surface area (Å²) in [5.74, 6) is -2.39. The van der Waals surface area contributed by atoms with Gasteiger partial charge in [-0.1, -0.05) is 6.07 Å². The number of benzene rings is 1. The van der Waals surface area contributed by atoms with Crippen LogP contribution in [0, 0.1) is 0 Å². The summed E-state index contributed by atoms with van der Waals surface area (Å²) in [5, 5.41) is 8.22. The fourth-order valence-electron chi connectivity index (χ4n) is 1.80. The number of alkyl halides is 2. The second-order valence-electron chi connectivity index (χ2n) is 3.71. The van der Waals surface area contributed by atoms with Gasteiger partial charge in [-0.25, -0.2) is 4.79 Å². The van der Waals surface area contributed by atoms with Crippen LogP contribution in [0.15, 0.2) is 18.2 Å². The van der Waals surface area contributed by atoms with Crippen molar-refractivity contribution in [2.75, 3.05) is 0 Å². The Morgan fingerprint density at radius 1 is 1.31 bits per heavy atom. The van der Waals surface area contributed by atoms with Gasteiger partial charge in [-0.2, -0.15) is 8.78 Å². The van der Waals surface area contributed by atoms with E-state index in [0.717, 1.165) is 30.4 Å². The Balaban J connectivity index is 2.20. The fraction of sp³-hybridized carbons (Fsp3) is 0.364. The molecule has 0 saturated heterocycles. The zero-order valence-electron chi connectivity index (χ0n) is 8.37. The molecule has 16 heavy (non-hydrogen) atoms. The van der Waals surface area contributed by atoms with Gasteiger partial charge >= 0.3 is 12.1 Å². The predicted molar refractivity (Wildman–Crippen MR) is 51.7 cm³/mol. The van der Waals surface area contributed by atoms with Crippen molar-refractivity contribution in [2.24, 2.45) is 0 Å². The molecule has 1 aliphatic rings. The number of fused-ring (bicyclic) bond motifs is 1. The maximum absolute atomic E-state index is 12.8. The van der Waals surface area contributed by atoms with Crippen LogP contribution in [-0.2, 0) is 17.6 Å². The number of carbonyl (C=O) groups is 1. The van der Waals surface area contributed by atoms with Gasteiger partial charge in [-0.05, 0) is 42.5 Å². The summed E-state index contributed by atoms with van der Waals surface area (Å²) in [6, 6.07) is 4.57. The lowest BCUT2D eigenvalue weighted by molar-refractivity contribution is -0.210. The second-order valence-corrected chi connectivity index (χ2v) is 3.71. The highest BCUT2D eigenvalue weighted by molar-refractivity contribution is 5.73. The maximum Gasteiger partial charge on any atom is 0.501 e. The fourth-order valence-corrected chi connectivity index (χ4v) is 1.80. The van der Waals surface area contributed by atoms with E-state index in [4.69, 9.17) is 5.11 Å². The molecule has 0 bridgehead atoms. The van der Waals surface area contributed by atoms with Gasteiger partial charge in [0.05, 0.1) is 0 Å². The number of carboxylic acids is 1. The molecule has 1 aliphatic carbocycles. The van der Waals surface area contributed by atoms with Crippen molar-refractivity contribution in [2.45, 2.75) is 25.4 Å². The third-order valence-corrected chi connectivity index (χ3v) is 2.56. The normalized spacial score (nSPS) is 14.6. The number of rotatable bonds is 3. The lowest BCUT2D eigenvalue weighted by Gasteiger charge is -2.13. The van der Waals surface area contributed by atoms with Gasteiger partial charge in [-0.15, -0.1) is 0 Å². The van der Waals surface area contributed by atoms with E-state index < -0.39 is 12.1 Å². The van der Waals surface area contributed by atoms with Crippen LogP contribution in [-0.4, -0.2) is 17.2 Å². The van der Waals surface area contributed by atoms with Gasteiger partial charge in [0.25, 0.3) is 0 Å². The maximum atomic E-state index is 12.8. The van der Waals surface area contributed by atoms with Crippen LogP contribution in [0.2, 0.25) is 0 Å². The standard InChI is InChI=1S/C11H10F2O3/c12-11(13,10(14)15)16-9-5-4-7-2-1-3-8(7)6-9/h4-6H,1-3H2,(H,14,15). The molecule has 0 amide bonds. The summed E-state index contributed by atoms with van der Waals surface area (Å²) < 4.78 is 29.7. The van der Waals surface area contributed by atoms with Crippen molar-refractivity contribution in [1.82, 2.24) is 0 Å². The van der Waals surface area contributed by atoms with E-state index in [1.807, 2.05) is 0 Å². The van der Waals surface area contributed by atoms with Crippen LogP contribution in [0.1, 0.15) is 17.5 Å². The minimum absolute atomic E-state index is 0.104. The zero-order chi connectivity index (χ0) is 11.8. The number of ether oxygens (including phenoxy) is 1. The molecule has 1 N–H and O–H groups in total. The molecule has 0 aromatic heterocycles. The molecule has 0 aliphatic heterocycles. The van der Waals surface area contributed by atoms with Crippen LogP contribution >= 0.6 is 0 Å². The highest BCUT2D eigenvalue weighted by atomic mass is 19.3. The summed E-state index contributed by atoms with van der Waals surface area (Å²) in [4.78, 5) is 10.2. The van der Waals surface area contributed by atoms with Crippen LogP contribution in [0.3, 0.4) is 0 Å². The molecule has 0 radical (unpaired) electrons.